The standard InChI is InChI=1S/C12H18O2P/c1-11(2)7-6-10-14-15(13)12-8-4-3-5-9-12/h3-5,8-9,11H,6-7,10H2,1-2H3/q+1. The minimum Gasteiger partial charge on any atom is -0.142 e. The van der Waals surface area contributed by atoms with Gasteiger partial charge in [0.25, 0.3) is 0 Å². The summed E-state index contributed by atoms with van der Waals surface area (Å²) in [5.41, 5.74) is 0. The molecule has 0 aromatic heterocycles. The molecule has 1 aromatic carbocycles. The quantitative estimate of drug-likeness (QED) is 0.547. The minimum absolute atomic E-state index is 0.586. The second kappa shape index (κ2) is 6.71. The number of hydrogen-bond acceptors (Lipinski definition) is 2. The molecule has 0 aliphatic rings. The lowest BCUT2D eigenvalue weighted by molar-refractivity contribution is 0.314. The summed E-state index contributed by atoms with van der Waals surface area (Å²) >= 11 is 0. The molecule has 3 heteroatoms. The Balaban J connectivity index is 2.25. The molecule has 0 aliphatic carbocycles. The highest BCUT2D eigenvalue weighted by Gasteiger charge is 2.20. The topological polar surface area (TPSA) is 26.3 Å². The van der Waals surface area contributed by atoms with Gasteiger partial charge in [-0.05, 0) is 35.5 Å². The van der Waals surface area contributed by atoms with Gasteiger partial charge in [0.2, 0.25) is 5.30 Å². The molecule has 0 fully saturated rings. The summed E-state index contributed by atoms with van der Waals surface area (Å²) in [6.45, 7) is 4.94. The lowest BCUT2D eigenvalue weighted by Gasteiger charge is -1.99. The van der Waals surface area contributed by atoms with Crippen molar-refractivity contribution in [1.29, 1.82) is 0 Å². The molecule has 1 unspecified atom stereocenters. The molecular formula is C12H18O2P+. The lowest BCUT2D eigenvalue weighted by Crippen LogP contribution is -1.99. The third-order valence-corrected chi connectivity index (χ3v) is 3.24. The molecule has 0 saturated carbocycles. The van der Waals surface area contributed by atoms with Gasteiger partial charge >= 0.3 is 8.03 Å². The minimum atomic E-state index is -1.66. The molecule has 1 rings (SSSR count). The second-order valence-corrected chi connectivity index (χ2v) is 5.25. The molecule has 82 valence electrons. The summed E-state index contributed by atoms with van der Waals surface area (Å²) in [6.07, 6.45) is 2.10. The van der Waals surface area contributed by atoms with Gasteiger partial charge in [0.1, 0.15) is 6.61 Å². The molecule has 1 aromatic rings. The monoisotopic (exact) mass is 225 g/mol. The molecule has 0 N–H and O–H groups in total. The fraction of sp³-hybridized carbons (Fsp3) is 0.500. The average molecular weight is 225 g/mol. The van der Waals surface area contributed by atoms with E-state index in [0.29, 0.717) is 12.5 Å². The van der Waals surface area contributed by atoms with Crippen molar-refractivity contribution < 1.29 is 9.09 Å². The van der Waals surface area contributed by atoms with E-state index in [4.69, 9.17) is 4.52 Å². The fourth-order valence-electron chi connectivity index (χ4n) is 1.26. The van der Waals surface area contributed by atoms with Crippen molar-refractivity contribution in [2.75, 3.05) is 6.61 Å². The van der Waals surface area contributed by atoms with E-state index < -0.39 is 8.03 Å². The van der Waals surface area contributed by atoms with Gasteiger partial charge in [-0.3, -0.25) is 0 Å². The van der Waals surface area contributed by atoms with Crippen molar-refractivity contribution in [2.24, 2.45) is 5.92 Å². The normalized spacial score (nSPS) is 11.8. The van der Waals surface area contributed by atoms with Crippen molar-refractivity contribution in [3.63, 3.8) is 0 Å². The van der Waals surface area contributed by atoms with E-state index in [1.807, 2.05) is 30.3 Å². The van der Waals surface area contributed by atoms with Gasteiger partial charge in [-0.1, -0.05) is 32.0 Å². The molecule has 1 atom stereocenters. The number of benzene rings is 1. The van der Waals surface area contributed by atoms with Crippen LogP contribution in [-0.4, -0.2) is 6.61 Å². The van der Waals surface area contributed by atoms with Crippen LogP contribution >= 0.6 is 8.03 Å². The second-order valence-electron chi connectivity index (χ2n) is 3.96. The molecular weight excluding hydrogens is 207 g/mol. The van der Waals surface area contributed by atoms with Gasteiger partial charge in [-0.15, -0.1) is 4.52 Å². The summed E-state index contributed by atoms with van der Waals surface area (Å²) in [5.74, 6) is 0.684. The third-order valence-electron chi connectivity index (χ3n) is 2.10. The van der Waals surface area contributed by atoms with Crippen molar-refractivity contribution >= 4 is 13.3 Å². The largest absolute Gasteiger partial charge is 0.548 e. The van der Waals surface area contributed by atoms with E-state index in [2.05, 4.69) is 13.8 Å². The Morgan fingerprint density at radius 1 is 1.27 bits per heavy atom. The molecule has 0 spiro atoms. The van der Waals surface area contributed by atoms with Gasteiger partial charge in [-0.2, -0.15) is 0 Å². The zero-order valence-corrected chi connectivity index (χ0v) is 10.2. The molecule has 15 heavy (non-hydrogen) atoms. The maximum absolute atomic E-state index is 11.6. The van der Waals surface area contributed by atoms with E-state index in [-0.39, 0.29) is 0 Å². The predicted molar refractivity (Wildman–Crippen MR) is 63.7 cm³/mol. The smallest absolute Gasteiger partial charge is 0.142 e. The molecule has 2 nitrogen and oxygen atoms in total. The zero-order valence-electron chi connectivity index (χ0n) is 9.35. The third kappa shape index (κ3) is 5.06. The highest BCUT2D eigenvalue weighted by molar-refractivity contribution is 7.48. The van der Waals surface area contributed by atoms with Gasteiger partial charge in [0.05, 0.1) is 0 Å². The molecule has 0 amide bonds. The van der Waals surface area contributed by atoms with E-state index in [9.17, 15) is 4.57 Å². The van der Waals surface area contributed by atoms with Gasteiger partial charge < -0.3 is 0 Å². The van der Waals surface area contributed by atoms with Crippen LogP contribution in [0.25, 0.3) is 0 Å². The van der Waals surface area contributed by atoms with E-state index in [0.717, 1.165) is 18.1 Å². The van der Waals surface area contributed by atoms with Crippen LogP contribution in [0.3, 0.4) is 0 Å². The summed E-state index contributed by atoms with van der Waals surface area (Å²) in [4.78, 5) is 0. The van der Waals surface area contributed by atoms with Crippen LogP contribution in [0.15, 0.2) is 30.3 Å². The first-order valence-electron chi connectivity index (χ1n) is 5.35. The highest BCUT2D eigenvalue weighted by atomic mass is 31.1. The maximum Gasteiger partial charge on any atom is 0.548 e. The van der Waals surface area contributed by atoms with Crippen LogP contribution in [0, 0.1) is 5.92 Å². The van der Waals surface area contributed by atoms with Crippen LogP contribution < -0.4 is 5.30 Å². The van der Waals surface area contributed by atoms with Crippen molar-refractivity contribution in [1.82, 2.24) is 0 Å². The number of rotatable bonds is 6. The highest BCUT2D eigenvalue weighted by Crippen LogP contribution is 2.21. The van der Waals surface area contributed by atoms with Crippen LogP contribution in [0.2, 0.25) is 0 Å². The molecule has 0 aliphatic heterocycles. The fourth-order valence-corrected chi connectivity index (χ4v) is 2.12. The molecule has 0 saturated heterocycles. The Labute approximate surface area is 92.5 Å². The van der Waals surface area contributed by atoms with E-state index in [1.165, 1.54) is 0 Å². The van der Waals surface area contributed by atoms with Crippen LogP contribution in [0.1, 0.15) is 26.7 Å². The Morgan fingerprint density at radius 2 is 1.93 bits per heavy atom. The van der Waals surface area contributed by atoms with Crippen LogP contribution in [0.5, 0.6) is 0 Å². The van der Waals surface area contributed by atoms with E-state index in [1.54, 1.807) is 0 Å². The Morgan fingerprint density at radius 3 is 2.53 bits per heavy atom. The first-order chi connectivity index (χ1) is 7.20. The van der Waals surface area contributed by atoms with E-state index >= 15 is 0 Å². The zero-order chi connectivity index (χ0) is 11.1. The summed E-state index contributed by atoms with van der Waals surface area (Å²) in [7, 11) is -1.66. The first kappa shape index (κ1) is 12.4. The predicted octanol–water partition coefficient (Wildman–Crippen LogP) is 3.51. The average Bonchev–Trinajstić information content (AvgIpc) is 2.25. The Hall–Kier alpha value is -0.720. The van der Waals surface area contributed by atoms with Crippen LogP contribution in [-0.2, 0) is 9.09 Å². The van der Waals surface area contributed by atoms with Crippen molar-refractivity contribution in [3.8, 4) is 0 Å². The Kier molecular flexibility index (Phi) is 5.52. The summed E-state index contributed by atoms with van der Waals surface area (Å²) in [5, 5.41) is 0.775. The van der Waals surface area contributed by atoms with Crippen molar-refractivity contribution in [2.45, 2.75) is 26.7 Å². The van der Waals surface area contributed by atoms with Gasteiger partial charge in [-0.25, -0.2) is 0 Å². The Bertz CT molecular complexity index is 296. The first-order valence-corrected chi connectivity index (χ1v) is 6.53. The number of hydrogen-bond donors (Lipinski definition) is 0. The van der Waals surface area contributed by atoms with Crippen molar-refractivity contribution in [3.05, 3.63) is 30.3 Å². The van der Waals surface area contributed by atoms with Gasteiger partial charge in [0.15, 0.2) is 0 Å². The lowest BCUT2D eigenvalue weighted by atomic mass is 10.1. The summed E-state index contributed by atoms with van der Waals surface area (Å²) < 4.78 is 16.9. The molecule has 0 bridgehead atoms. The van der Waals surface area contributed by atoms with Crippen LogP contribution in [0.4, 0.5) is 0 Å². The SMILES string of the molecule is CC(C)CCCO[P+](=O)c1ccccc1. The molecule has 0 heterocycles. The van der Waals surface area contributed by atoms with Gasteiger partial charge in [0, 0.05) is 0 Å². The summed E-state index contributed by atoms with van der Waals surface area (Å²) in [6, 6.07) is 9.33. The maximum atomic E-state index is 11.6. The molecule has 0 radical (unpaired) electrons.